The van der Waals surface area contributed by atoms with Crippen LogP contribution in [0.2, 0.25) is 0 Å². The predicted octanol–water partition coefficient (Wildman–Crippen LogP) is 3.31. The van der Waals surface area contributed by atoms with Gasteiger partial charge in [-0.1, -0.05) is 51.1 Å². The van der Waals surface area contributed by atoms with E-state index in [1.54, 1.807) is 0 Å². The molecule has 0 atom stereocenters. The lowest BCUT2D eigenvalue weighted by Crippen LogP contribution is -2.33. The van der Waals surface area contributed by atoms with Crippen molar-refractivity contribution in [2.24, 2.45) is 5.41 Å². The van der Waals surface area contributed by atoms with Gasteiger partial charge in [-0.05, 0) is 11.8 Å². The second-order valence-corrected chi connectivity index (χ2v) is 9.33. The molecule has 1 aromatic carbocycles. The molecule has 23 heavy (non-hydrogen) atoms. The monoisotopic (exact) mass is 352 g/mol. The van der Waals surface area contributed by atoms with E-state index in [0.717, 1.165) is 5.56 Å². The van der Waals surface area contributed by atoms with Gasteiger partial charge in [0.05, 0.1) is 11.9 Å². The van der Waals surface area contributed by atoms with Crippen LogP contribution >= 0.6 is 11.3 Å². The van der Waals surface area contributed by atoms with Crippen molar-refractivity contribution in [3.63, 3.8) is 0 Å². The molecular formula is C16H20N2O3S2. The van der Waals surface area contributed by atoms with Crippen LogP contribution in [0.3, 0.4) is 0 Å². The maximum Gasteiger partial charge on any atom is 0.276 e. The van der Waals surface area contributed by atoms with E-state index in [1.807, 2.05) is 51.1 Å². The first kappa shape index (κ1) is 17.6. The zero-order chi connectivity index (χ0) is 17.1. The van der Waals surface area contributed by atoms with Crippen molar-refractivity contribution in [1.29, 1.82) is 0 Å². The number of sulfonamides is 1. The SMILES string of the molecule is CC(C)(C)CCS(=O)(=O)NC(=O)c1cnc(-c2ccccc2)s1. The van der Waals surface area contributed by atoms with E-state index in [2.05, 4.69) is 9.71 Å². The number of hydrogen-bond acceptors (Lipinski definition) is 5. The molecule has 1 amide bonds. The summed E-state index contributed by atoms with van der Waals surface area (Å²) in [5.74, 6) is -0.703. The van der Waals surface area contributed by atoms with Gasteiger partial charge in [-0.25, -0.2) is 18.1 Å². The van der Waals surface area contributed by atoms with Crippen molar-refractivity contribution in [3.8, 4) is 10.6 Å². The maximum atomic E-state index is 12.1. The van der Waals surface area contributed by atoms with Gasteiger partial charge in [0, 0.05) is 5.56 Å². The summed E-state index contributed by atoms with van der Waals surface area (Å²) in [7, 11) is -3.64. The molecule has 0 unspecified atom stereocenters. The molecule has 0 radical (unpaired) electrons. The van der Waals surface area contributed by atoms with Gasteiger partial charge in [-0.3, -0.25) is 4.79 Å². The number of hydrogen-bond donors (Lipinski definition) is 1. The molecule has 2 aromatic rings. The van der Waals surface area contributed by atoms with E-state index < -0.39 is 15.9 Å². The Morgan fingerprint density at radius 2 is 1.87 bits per heavy atom. The first-order valence-corrected chi connectivity index (χ1v) is 9.69. The molecule has 5 nitrogen and oxygen atoms in total. The summed E-state index contributed by atoms with van der Waals surface area (Å²) in [5.41, 5.74) is 0.787. The highest BCUT2D eigenvalue weighted by Gasteiger charge is 2.21. The molecule has 0 aliphatic heterocycles. The molecule has 0 saturated heterocycles. The fraction of sp³-hybridized carbons (Fsp3) is 0.375. The average Bonchev–Trinajstić information content (AvgIpc) is 2.95. The minimum absolute atomic E-state index is 0.0768. The van der Waals surface area contributed by atoms with Crippen LogP contribution in [0.5, 0.6) is 0 Å². The third-order valence-electron chi connectivity index (χ3n) is 3.12. The molecule has 2 rings (SSSR count). The lowest BCUT2D eigenvalue weighted by molar-refractivity contribution is 0.0985. The number of carbonyl (C=O) groups excluding carboxylic acids is 1. The van der Waals surface area contributed by atoms with Gasteiger partial charge in [0.15, 0.2) is 0 Å². The van der Waals surface area contributed by atoms with Crippen LogP contribution in [-0.2, 0) is 10.0 Å². The van der Waals surface area contributed by atoms with Gasteiger partial charge >= 0.3 is 0 Å². The number of thiazole rings is 1. The van der Waals surface area contributed by atoms with Crippen LogP contribution in [0.25, 0.3) is 10.6 Å². The van der Waals surface area contributed by atoms with Crippen LogP contribution in [0.15, 0.2) is 36.5 Å². The van der Waals surface area contributed by atoms with Crippen molar-refractivity contribution >= 4 is 27.3 Å². The minimum atomic E-state index is -3.64. The molecule has 1 heterocycles. The molecule has 0 saturated carbocycles. The fourth-order valence-electron chi connectivity index (χ4n) is 1.78. The Kier molecular flexibility index (Phi) is 5.21. The lowest BCUT2D eigenvalue weighted by atomic mass is 9.94. The third kappa shape index (κ3) is 5.44. The van der Waals surface area contributed by atoms with Crippen LogP contribution in [0.4, 0.5) is 0 Å². The number of nitrogens with one attached hydrogen (secondary N) is 1. The van der Waals surface area contributed by atoms with Crippen molar-refractivity contribution in [3.05, 3.63) is 41.4 Å². The quantitative estimate of drug-likeness (QED) is 0.896. The Bertz CT molecular complexity index is 775. The van der Waals surface area contributed by atoms with Gasteiger partial charge in [0.2, 0.25) is 10.0 Å². The zero-order valence-corrected chi connectivity index (χ0v) is 15.0. The molecule has 0 bridgehead atoms. The van der Waals surface area contributed by atoms with Crippen LogP contribution in [0, 0.1) is 5.41 Å². The molecule has 124 valence electrons. The number of nitrogens with zero attached hydrogens (tertiary/aromatic N) is 1. The van der Waals surface area contributed by atoms with Gasteiger partial charge < -0.3 is 0 Å². The van der Waals surface area contributed by atoms with Crippen LogP contribution in [0.1, 0.15) is 36.9 Å². The van der Waals surface area contributed by atoms with Crippen LogP contribution in [-0.4, -0.2) is 25.1 Å². The number of amides is 1. The number of rotatable bonds is 5. The zero-order valence-electron chi connectivity index (χ0n) is 13.4. The predicted molar refractivity (Wildman–Crippen MR) is 92.9 cm³/mol. The third-order valence-corrected chi connectivity index (χ3v) is 5.40. The van der Waals surface area contributed by atoms with E-state index in [9.17, 15) is 13.2 Å². The normalized spacial score (nSPS) is 12.1. The van der Waals surface area contributed by atoms with E-state index in [0.29, 0.717) is 11.4 Å². The highest BCUT2D eigenvalue weighted by molar-refractivity contribution is 7.90. The maximum absolute atomic E-state index is 12.1. The summed E-state index contributed by atoms with van der Waals surface area (Å²) < 4.78 is 26.1. The second-order valence-electron chi connectivity index (χ2n) is 6.46. The minimum Gasteiger partial charge on any atom is -0.267 e. The molecule has 1 N–H and O–H groups in total. The Balaban J connectivity index is 2.06. The van der Waals surface area contributed by atoms with E-state index in [-0.39, 0.29) is 16.0 Å². The molecule has 1 aromatic heterocycles. The number of carbonyl (C=O) groups is 1. The van der Waals surface area contributed by atoms with Crippen molar-refractivity contribution < 1.29 is 13.2 Å². The van der Waals surface area contributed by atoms with E-state index in [1.165, 1.54) is 17.5 Å². The van der Waals surface area contributed by atoms with Crippen molar-refractivity contribution in [1.82, 2.24) is 9.71 Å². The summed E-state index contributed by atoms with van der Waals surface area (Å²) in [5, 5.41) is 0.683. The topological polar surface area (TPSA) is 76.1 Å². The van der Waals surface area contributed by atoms with Gasteiger partial charge in [0.25, 0.3) is 5.91 Å². The molecule has 7 heteroatoms. The molecule has 0 aliphatic rings. The molecule has 0 fully saturated rings. The number of aromatic nitrogens is 1. The Morgan fingerprint density at radius 3 is 2.48 bits per heavy atom. The highest BCUT2D eigenvalue weighted by Crippen LogP contribution is 2.25. The Labute approximate surface area is 140 Å². The molecule has 0 spiro atoms. The summed E-state index contributed by atoms with van der Waals surface area (Å²) >= 11 is 1.17. The molecular weight excluding hydrogens is 332 g/mol. The standard InChI is InChI=1S/C16H20N2O3S2/c1-16(2,3)9-10-23(20,21)18-14(19)13-11-17-15(22-13)12-7-5-4-6-8-12/h4-8,11H,9-10H2,1-3H3,(H,18,19). The van der Waals surface area contributed by atoms with Crippen LogP contribution < -0.4 is 4.72 Å². The molecule has 0 aliphatic carbocycles. The fourth-order valence-corrected chi connectivity index (χ4v) is 4.03. The summed E-state index contributed by atoms with van der Waals surface area (Å²) in [6, 6.07) is 9.44. The van der Waals surface area contributed by atoms with E-state index >= 15 is 0 Å². The van der Waals surface area contributed by atoms with Gasteiger partial charge in [-0.15, -0.1) is 11.3 Å². The Hall–Kier alpha value is -1.73. The van der Waals surface area contributed by atoms with Crippen molar-refractivity contribution in [2.45, 2.75) is 27.2 Å². The highest BCUT2D eigenvalue weighted by atomic mass is 32.2. The Morgan fingerprint density at radius 1 is 1.22 bits per heavy atom. The summed E-state index contributed by atoms with van der Waals surface area (Å²) in [4.78, 5) is 16.6. The summed E-state index contributed by atoms with van der Waals surface area (Å²) in [6.45, 7) is 5.87. The van der Waals surface area contributed by atoms with Gasteiger partial charge in [0.1, 0.15) is 9.88 Å². The first-order valence-electron chi connectivity index (χ1n) is 7.22. The number of benzene rings is 1. The van der Waals surface area contributed by atoms with Gasteiger partial charge in [-0.2, -0.15) is 0 Å². The average molecular weight is 352 g/mol. The smallest absolute Gasteiger partial charge is 0.267 e. The lowest BCUT2D eigenvalue weighted by Gasteiger charge is -2.17. The largest absolute Gasteiger partial charge is 0.276 e. The van der Waals surface area contributed by atoms with E-state index in [4.69, 9.17) is 0 Å². The van der Waals surface area contributed by atoms with Crippen molar-refractivity contribution in [2.75, 3.05) is 5.75 Å². The second kappa shape index (κ2) is 6.80. The summed E-state index contributed by atoms with van der Waals surface area (Å²) in [6.07, 6.45) is 1.88. The first-order chi connectivity index (χ1) is 10.7.